The van der Waals surface area contributed by atoms with Crippen LogP contribution in [-0.4, -0.2) is 4.92 Å². The van der Waals surface area contributed by atoms with Crippen LogP contribution < -0.4 is 0 Å². The van der Waals surface area contributed by atoms with Gasteiger partial charge in [-0.1, -0.05) is 32.9 Å². The van der Waals surface area contributed by atoms with Gasteiger partial charge in [0, 0.05) is 12.1 Å². The van der Waals surface area contributed by atoms with E-state index in [4.69, 9.17) is 0 Å². The van der Waals surface area contributed by atoms with Crippen LogP contribution in [0.25, 0.3) is 0 Å². The fourth-order valence-corrected chi connectivity index (χ4v) is 1.39. The number of nitro benzene ring substituents is 1. The highest BCUT2D eigenvalue weighted by Gasteiger charge is 2.13. The molecule has 0 N–H and O–H groups in total. The molecule has 76 valence electrons. The average molecular weight is 193 g/mol. The third-order valence-electron chi connectivity index (χ3n) is 1.86. The van der Waals surface area contributed by atoms with E-state index < -0.39 is 0 Å². The third kappa shape index (κ3) is 3.17. The van der Waals surface area contributed by atoms with Gasteiger partial charge in [0.25, 0.3) is 5.69 Å². The number of hydrogen-bond donors (Lipinski definition) is 0. The third-order valence-corrected chi connectivity index (χ3v) is 1.86. The maximum atomic E-state index is 10.5. The van der Waals surface area contributed by atoms with Gasteiger partial charge in [-0.15, -0.1) is 0 Å². The summed E-state index contributed by atoms with van der Waals surface area (Å²) in [6.45, 7) is 6.35. The molecule has 0 spiro atoms. The van der Waals surface area contributed by atoms with Gasteiger partial charge >= 0.3 is 0 Å². The minimum Gasteiger partial charge on any atom is -0.258 e. The molecule has 0 fully saturated rings. The van der Waals surface area contributed by atoms with E-state index in [1.807, 2.05) is 6.07 Å². The van der Waals surface area contributed by atoms with Gasteiger partial charge in [-0.25, -0.2) is 0 Å². The van der Waals surface area contributed by atoms with Gasteiger partial charge in [-0.05, 0) is 17.4 Å². The molecule has 0 aliphatic carbocycles. The highest BCUT2D eigenvalue weighted by Crippen LogP contribution is 2.22. The van der Waals surface area contributed by atoms with Crippen LogP contribution in [0.1, 0.15) is 26.3 Å². The lowest BCUT2D eigenvalue weighted by Crippen LogP contribution is -2.09. The molecule has 1 aromatic rings. The molecule has 0 aliphatic heterocycles. The molecule has 0 heterocycles. The second-order valence-electron chi connectivity index (χ2n) is 4.66. The van der Waals surface area contributed by atoms with Gasteiger partial charge in [0.15, 0.2) is 0 Å². The number of hydrogen-bond acceptors (Lipinski definition) is 2. The highest BCUT2D eigenvalue weighted by atomic mass is 16.6. The summed E-state index contributed by atoms with van der Waals surface area (Å²) in [7, 11) is 0. The zero-order chi connectivity index (χ0) is 10.8. The molecule has 0 aliphatic rings. The van der Waals surface area contributed by atoms with Crippen molar-refractivity contribution in [2.24, 2.45) is 5.41 Å². The molecule has 1 aromatic carbocycles. The molecule has 0 saturated heterocycles. The van der Waals surface area contributed by atoms with Gasteiger partial charge in [0.1, 0.15) is 0 Å². The van der Waals surface area contributed by atoms with Crippen molar-refractivity contribution in [2.75, 3.05) is 0 Å². The number of benzene rings is 1. The van der Waals surface area contributed by atoms with E-state index in [0.29, 0.717) is 0 Å². The monoisotopic (exact) mass is 193 g/mol. The Hall–Kier alpha value is -1.38. The van der Waals surface area contributed by atoms with E-state index in [2.05, 4.69) is 20.8 Å². The lowest BCUT2D eigenvalue weighted by molar-refractivity contribution is -0.384. The molecule has 0 unspecified atom stereocenters. The molecule has 3 heteroatoms. The molecule has 0 amide bonds. The predicted octanol–water partition coefficient (Wildman–Crippen LogP) is 3.18. The number of nitro groups is 1. The Kier molecular flexibility index (Phi) is 2.89. The van der Waals surface area contributed by atoms with Gasteiger partial charge in [0.2, 0.25) is 0 Å². The highest BCUT2D eigenvalue weighted by molar-refractivity contribution is 5.34. The minimum atomic E-state index is -0.355. The smallest absolute Gasteiger partial charge is 0.258 e. The average Bonchev–Trinajstić information content (AvgIpc) is 2.01. The maximum absolute atomic E-state index is 10.5. The molecule has 0 saturated carbocycles. The standard InChI is InChI=1S/C11H15NO2/c1-11(2,3)8-9-5-4-6-10(7-9)12(13)14/h4-7H,8H2,1-3H3. The molecule has 3 nitrogen and oxygen atoms in total. The quantitative estimate of drug-likeness (QED) is 0.534. The topological polar surface area (TPSA) is 43.1 Å². The van der Waals surface area contributed by atoms with Gasteiger partial charge in [-0.3, -0.25) is 10.1 Å². The van der Waals surface area contributed by atoms with Crippen LogP contribution in [0.4, 0.5) is 5.69 Å². The number of nitrogens with zero attached hydrogens (tertiary/aromatic N) is 1. The Morgan fingerprint density at radius 1 is 1.36 bits per heavy atom. The van der Waals surface area contributed by atoms with Crippen LogP contribution in [0.5, 0.6) is 0 Å². The second kappa shape index (κ2) is 3.78. The zero-order valence-corrected chi connectivity index (χ0v) is 8.78. The van der Waals surface area contributed by atoms with E-state index in [1.165, 1.54) is 6.07 Å². The minimum absolute atomic E-state index is 0.162. The summed E-state index contributed by atoms with van der Waals surface area (Å²) in [4.78, 5) is 10.2. The zero-order valence-electron chi connectivity index (χ0n) is 8.78. The Labute approximate surface area is 83.9 Å². The molecule has 0 atom stereocenters. The molecular weight excluding hydrogens is 178 g/mol. The van der Waals surface area contributed by atoms with Crippen molar-refractivity contribution in [3.05, 3.63) is 39.9 Å². The second-order valence-corrected chi connectivity index (χ2v) is 4.66. The van der Waals surface area contributed by atoms with Gasteiger partial charge in [0.05, 0.1) is 4.92 Å². The van der Waals surface area contributed by atoms with E-state index in [9.17, 15) is 10.1 Å². The maximum Gasteiger partial charge on any atom is 0.269 e. The van der Waals surface area contributed by atoms with Gasteiger partial charge < -0.3 is 0 Å². The van der Waals surface area contributed by atoms with Crippen molar-refractivity contribution >= 4 is 5.69 Å². The van der Waals surface area contributed by atoms with Crippen molar-refractivity contribution in [2.45, 2.75) is 27.2 Å². The Morgan fingerprint density at radius 2 is 2.00 bits per heavy atom. The molecule has 0 bridgehead atoms. The summed E-state index contributed by atoms with van der Waals surface area (Å²) in [6.07, 6.45) is 0.856. The summed E-state index contributed by atoms with van der Waals surface area (Å²) in [6, 6.07) is 6.83. The van der Waals surface area contributed by atoms with E-state index >= 15 is 0 Å². The summed E-state index contributed by atoms with van der Waals surface area (Å²) >= 11 is 0. The van der Waals surface area contributed by atoms with Crippen molar-refractivity contribution in [3.63, 3.8) is 0 Å². The lowest BCUT2D eigenvalue weighted by Gasteiger charge is -2.17. The van der Waals surface area contributed by atoms with Crippen molar-refractivity contribution in [3.8, 4) is 0 Å². The summed E-state index contributed by atoms with van der Waals surface area (Å²) < 4.78 is 0. The van der Waals surface area contributed by atoms with Crippen LogP contribution in [0.15, 0.2) is 24.3 Å². The molecule has 1 rings (SSSR count). The summed E-state index contributed by atoms with van der Waals surface area (Å²) in [5.74, 6) is 0. The van der Waals surface area contributed by atoms with Crippen LogP contribution in [0, 0.1) is 15.5 Å². The Morgan fingerprint density at radius 3 is 2.50 bits per heavy atom. The van der Waals surface area contributed by atoms with Crippen LogP contribution in [0.2, 0.25) is 0 Å². The Bertz CT molecular complexity index is 339. The van der Waals surface area contributed by atoms with Crippen LogP contribution in [-0.2, 0) is 6.42 Å². The first-order chi connectivity index (χ1) is 6.38. The van der Waals surface area contributed by atoms with Crippen molar-refractivity contribution < 1.29 is 4.92 Å². The van der Waals surface area contributed by atoms with Crippen LogP contribution in [0.3, 0.4) is 0 Å². The fourth-order valence-electron chi connectivity index (χ4n) is 1.39. The molecule has 0 radical (unpaired) electrons. The summed E-state index contributed by atoms with van der Waals surface area (Å²) in [5, 5.41) is 10.5. The first kappa shape index (κ1) is 10.7. The first-order valence-corrected chi connectivity index (χ1v) is 4.62. The first-order valence-electron chi connectivity index (χ1n) is 4.62. The largest absolute Gasteiger partial charge is 0.269 e. The SMILES string of the molecule is CC(C)(C)Cc1cccc([N+](=O)[O-])c1. The van der Waals surface area contributed by atoms with Crippen molar-refractivity contribution in [1.82, 2.24) is 0 Å². The number of rotatable bonds is 2. The van der Waals surface area contributed by atoms with E-state index in [-0.39, 0.29) is 16.0 Å². The van der Waals surface area contributed by atoms with Crippen molar-refractivity contribution in [1.29, 1.82) is 0 Å². The van der Waals surface area contributed by atoms with Crippen LogP contribution >= 0.6 is 0 Å². The predicted molar refractivity (Wildman–Crippen MR) is 56.3 cm³/mol. The van der Waals surface area contributed by atoms with E-state index in [0.717, 1.165) is 12.0 Å². The molecule has 14 heavy (non-hydrogen) atoms. The van der Waals surface area contributed by atoms with E-state index in [1.54, 1.807) is 12.1 Å². The normalized spacial score (nSPS) is 11.4. The number of non-ortho nitro benzene ring substituents is 1. The molecular formula is C11H15NO2. The summed E-state index contributed by atoms with van der Waals surface area (Å²) in [5.41, 5.74) is 1.35. The Balaban J connectivity index is 2.89. The fraction of sp³-hybridized carbons (Fsp3) is 0.455. The molecule has 0 aromatic heterocycles. The lowest BCUT2D eigenvalue weighted by atomic mass is 9.88. The van der Waals surface area contributed by atoms with Gasteiger partial charge in [-0.2, -0.15) is 0 Å².